The Labute approximate surface area is 117 Å². The highest BCUT2D eigenvalue weighted by Crippen LogP contribution is 2.30. The molecule has 20 heavy (non-hydrogen) atoms. The third kappa shape index (κ3) is 2.57. The minimum absolute atomic E-state index is 0.148. The van der Waals surface area contributed by atoms with E-state index < -0.39 is 11.6 Å². The van der Waals surface area contributed by atoms with Crippen molar-refractivity contribution in [3.05, 3.63) is 17.0 Å². The van der Waals surface area contributed by atoms with Crippen molar-refractivity contribution in [3.63, 3.8) is 0 Å². The average Bonchev–Trinajstić information content (AvgIpc) is 3.06. The molecule has 2 fully saturated rings. The molecule has 1 saturated heterocycles. The number of carbonyl (C=O) groups is 1. The molecule has 1 N–H and O–H groups in total. The predicted octanol–water partition coefficient (Wildman–Crippen LogP) is 1.48. The number of halogens is 1. The highest BCUT2D eigenvalue weighted by Gasteiger charge is 2.46. The molecule has 1 aliphatic heterocycles. The highest BCUT2D eigenvalue weighted by molar-refractivity contribution is 5.86. The van der Waals surface area contributed by atoms with E-state index in [-0.39, 0.29) is 19.0 Å². The molecule has 3 rings (SSSR count). The summed E-state index contributed by atoms with van der Waals surface area (Å²) >= 11 is 0. The monoisotopic (exact) mass is 281 g/mol. The van der Waals surface area contributed by atoms with E-state index in [1.807, 2.05) is 18.7 Å². The van der Waals surface area contributed by atoms with Crippen LogP contribution in [0.4, 0.5) is 4.39 Å². The Bertz CT molecular complexity index is 507. The first-order valence-electron chi connectivity index (χ1n) is 7.12. The van der Waals surface area contributed by atoms with Crippen molar-refractivity contribution in [1.29, 1.82) is 0 Å². The number of aromatic nitrogens is 1. The lowest BCUT2D eigenvalue weighted by Crippen LogP contribution is -2.46. The molecule has 6 heteroatoms. The summed E-state index contributed by atoms with van der Waals surface area (Å²) in [6.07, 6.45) is 2.21. The van der Waals surface area contributed by atoms with Crippen LogP contribution in [-0.2, 0) is 11.3 Å². The number of nitrogens with zero attached hydrogens (tertiary/aromatic N) is 2. The third-order valence-corrected chi connectivity index (χ3v) is 4.18. The molecule has 1 amide bonds. The molecule has 0 bridgehead atoms. The number of nitrogens with one attached hydrogen (secondary N) is 1. The van der Waals surface area contributed by atoms with Crippen LogP contribution in [0.2, 0.25) is 0 Å². The van der Waals surface area contributed by atoms with E-state index >= 15 is 0 Å². The number of hydrogen-bond donors (Lipinski definition) is 1. The number of carbonyl (C=O) groups excluding carboxylic acids is 1. The Morgan fingerprint density at radius 3 is 2.90 bits per heavy atom. The Morgan fingerprint density at radius 2 is 2.30 bits per heavy atom. The third-order valence-electron chi connectivity index (χ3n) is 4.18. The molecule has 2 heterocycles. The second kappa shape index (κ2) is 4.84. The molecule has 5 nitrogen and oxygen atoms in total. The van der Waals surface area contributed by atoms with E-state index in [4.69, 9.17) is 4.52 Å². The fraction of sp³-hybridized carbons (Fsp3) is 0.714. The Hall–Kier alpha value is -1.43. The second-order valence-electron chi connectivity index (χ2n) is 5.98. The maximum atomic E-state index is 14.7. The lowest BCUT2D eigenvalue weighted by Gasteiger charge is -2.20. The molecule has 2 aliphatic rings. The van der Waals surface area contributed by atoms with Gasteiger partial charge in [0.1, 0.15) is 5.76 Å². The molecule has 1 aromatic rings. The van der Waals surface area contributed by atoms with Gasteiger partial charge in [-0.15, -0.1) is 0 Å². The Morgan fingerprint density at radius 1 is 1.55 bits per heavy atom. The SMILES string of the molecule is Cc1noc(C)c1CN1CCC(F)(C(=O)NC2CC2)C1. The maximum absolute atomic E-state index is 14.7. The van der Waals surface area contributed by atoms with Gasteiger partial charge in [0, 0.05) is 37.7 Å². The van der Waals surface area contributed by atoms with Crippen molar-refractivity contribution in [2.45, 2.75) is 51.4 Å². The largest absolute Gasteiger partial charge is 0.361 e. The van der Waals surface area contributed by atoms with Crippen LogP contribution >= 0.6 is 0 Å². The number of aryl methyl sites for hydroxylation is 2. The number of amides is 1. The first kappa shape index (κ1) is 13.5. The van der Waals surface area contributed by atoms with Gasteiger partial charge in [-0.1, -0.05) is 5.16 Å². The number of hydrogen-bond acceptors (Lipinski definition) is 4. The van der Waals surface area contributed by atoms with Gasteiger partial charge >= 0.3 is 0 Å². The van der Waals surface area contributed by atoms with E-state index in [1.165, 1.54) is 0 Å². The summed E-state index contributed by atoms with van der Waals surface area (Å²) in [4.78, 5) is 13.9. The molecule has 1 aromatic heterocycles. The van der Waals surface area contributed by atoms with Gasteiger partial charge in [-0.25, -0.2) is 4.39 Å². The summed E-state index contributed by atoms with van der Waals surface area (Å²) in [5, 5.41) is 6.67. The topological polar surface area (TPSA) is 58.4 Å². The zero-order valence-corrected chi connectivity index (χ0v) is 11.9. The molecule has 1 aliphatic carbocycles. The second-order valence-corrected chi connectivity index (χ2v) is 5.98. The molecule has 0 radical (unpaired) electrons. The van der Waals surface area contributed by atoms with Crippen LogP contribution in [-0.4, -0.2) is 40.8 Å². The molecule has 0 aromatic carbocycles. The van der Waals surface area contributed by atoms with E-state index in [0.717, 1.165) is 29.9 Å². The van der Waals surface area contributed by atoms with Crippen molar-refractivity contribution in [2.24, 2.45) is 0 Å². The molecule has 1 unspecified atom stereocenters. The summed E-state index contributed by atoms with van der Waals surface area (Å²) in [5.41, 5.74) is 0.0832. The van der Waals surface area contributed by atoms with Gasteiger partial charge in [-0.05, 0) is 26.7 Å². The minimum Gasteiger partial charge on any atom is -0.361 e. The molecule has 110 valence electrons. The maximum Gasteiger partial charge on any atom is 0.259 e. The van der Waals surface area contributed by atoms with E-state index in [2.05, 4.69) is 10.5 Å². The standard InChI is InChI=1S/C14H20FN3O2/c1-9-12(10(2)20-17-9)7-18-6-5-14(15,8-18)13(19)16-11-3-4-11/h11H,3-8H2,1-2H3,(H,16,19). The van der Waals surface area contributed by atoms with Crippen LogP contribution < -0.4 is 5.32 Å². The zero-order chi connectivity index (χ0) is 14.3. The lowest BCUT2D eigenvalue weighted by molar-refractivity contribution is -0.132. The number of likely N-dealkylation sites (tertiary alicyclic amines) is 1. The summed E-state index contributed by atoms with van der Waals surface area (Å²) < 4.78 is 19.8. The van der Waals surface area contributed by atoms with E-state index in [9.17, 15) is 9.18 Å². The Balaban J connectivity index is 1.62. The van der Waals surface area contributed by atoms with Crippen molar-refractivity contribution in [2.75, 3.05) is 13.1 Å². The van der Waals surface area contributed by atoms with Crippen LogP contribution in [0.3, 0.4) is 0 Å². The van der Waals surface area contributed by atoms with Crippen LogP contribution in [0.5, 0.6) is 0 Å². The molecule has 0 spiro atoms. The molecule has 1 atom stereocenters. The smallest absolute Gasteiger partial charge is 0.259 e. The first-order valence-corrected chi connectivity index (χ1v) is 7.12. The van der Waals surface area contributed by atoms with Gasteiger partial charge in [0.05, 0.1) is 5.69 Å². The van der Waals surface area contributed by atoms with Gasteiger partial charge in [-0.3, -0.25) is 9.69 Å². The fourth-order valence-corrected chi connectivity index (χ4v) is 2.66. The van der Waals surface area contributed by atoms with E-state index in [1.54, 1.807) is 0 Å². The zero-order valence-electron chi connectivity index (χ0n) is 11.9. The van der Waals surface area contributed by atoms with Crippen LogP contribution in [0.1, 0.15) is 36.3 Å². The minimum atomic E-state index is -1.75. The van der Waals surface area contributed by atoms with Crippen LogP contribution in [0.15, 0.2) is 4.52 Å². The quantitative estimate of drug-likeness (QED) is 0.908. The summed E-state index contributed by atoms with van der Waals surface area (Å²) in [5.74, 6) is 0.322. The van der Waals surface area contributed by atoms with Gasteiger partial charge in [0.25, 0.3) is 5.91 Å². The number of alkyl halides is 1. The van der Waals surface area contributed by atoms with Crippen LogP contribution in [0.25, 0.3) is 0 Å². The summed E-state index contributed by atoms with van der Waals surface area (Å²) in [6.45, 7) is 5.05. The predicted molar refractivity (Wildman–Crippen MR) is 70.9 cm³/mol. The number of rotatable bonds is 4. The summed E-state index contributed by atoms with van der Waals surface area (Å²) in [6, 6.07) is 0.201. The van der Waals surface area contributed by atoms with Crippen molar-refractivity contribution >= 4 is 5.91 Å². The molecular weight excluding hydrogens is 261 g/mol. The summed E-state index contributed by atoms with van der Waals surface area (Å²) in [7, 11) is 0. The first-order chi connectivity index (χ1) is 9.48. The van der Waals surface area contributed by atoms with Crippen LogP contribution in [0, 0.1) is 13.8 Å². The van der Waals surface area contributed by atoms with Gasteiger partial charge in [0.15, 0.2) is 0 Å². The van der Waals surface area contributed by atoms with Crippen molar-refractivity contribution in [1.82, 2.24) is 15.4 Å². The van der Waals surface area contributed by atoms with E-state index in [0.29, 0.717) is 13.1 Å². The van der Waals surface area contributed by atoms with Gasteiger partial charge < -0.3 is 9.84 Å². The van der Waals surface area contributed by atoms with Gasteiger partial charge in [0.2, 0.25) is 5.67 Å². The highest BCUT2D eigenvalue weighted by atomic mass is 19.1. The average molecular weight is 281 g/mol. The lowest BCUT2D eigenvalue weighted by atomic mass is 10.0. The molecular formula is C14H20FN3O2. The normalized spacial score (nSPS) is 26.9. The van der Waals surface area contributed by atoms with Crippen molar-refractivity contribution in [3.8, 4) is 0 Å². The Kier molecular flexibility index (Phi) is 3.28. The van der Waals surface area contributed by atoms with Gasteiger partial charge in [-0.2, -0.15) is 0 Å². The van der Waals surface area contributed by atoms with Crippen molar-refractivity contribution < 1.29 is 13.7 Å². The fourth-order valence-electron chi connectivity index (χ4n) is 2.66. The molecule has 1 saturated carbocycles.